The monoisotopic (exact) mass is 781 g/mol. The zero-order chi connectivity index (χ0) is 39.3. The number of alkyl carbamates (subject to hydrolysis) is 1. The van der Waals surface area contributed by atoms with Crippen molar-refractivity contribution in [1.29, 1.82) is 0 Å². The third-order valence-electron chi connectivity index (χ3n) is 10.5. The van der Waals surface area contributed by atoms with Crippen molar-refractivity contribution >= 4 is 55.5 Å². The van der Waals surface area contributed by atoms with E-state index in [4.69, 9.17) is 9.47 Å². The van der Waals surface area contributed by atoms with Crippen molar-refractivity contribution in [2.45, 2.75) is 113 Å². The maximum absolute atomic E-state index is 14.5. The highest BCUT2D eigenvalue weighted by molar-refractivity contribution is 7.91. The number of aromatic nitrogens is 1. The van der Waals surface area contributed by atoms with Crippen LogP contribution in [0.3, 0.4) is 0 Å². The SMILES string of the molecule is CC(C)(C)OC(=O)N[C@H]1CCCCC/C=C\[C@@H]2C[C@@]2(C(=O)NS(=O)(=O)C2CC2)NC(=O)[C@@H]2C[C@@H](Oc3nc4cc(F)ccc4c4cc(F)ccc34)CN2C1=O. The summed E-state index contributed by atoms with van der Waals surface area (Å²) in [4.78, 5) is 61.4. The second-order valence-corrected chi connectivity index (χ2v) is 17.9. The van der Waals surface area contributed by atoms with Crippen LogP contribution < -0.4 is 20.1 Å². The minimum atomic E-state index is -3.94. The average molecular weight is 782 g/mol. The molecule has 3 aromatic rings. The molecule has 294 valence electrons. The van der Waals surface area contributed by atoms with Crippen molar-refractivity contribution in [3.05, 3.63) is 60.2 Å². The largest absolute Gasteiger partial charge is 0.472 e. The van der Waals surface area contributed by atoms with Gasteiger partial charge in [0.05, 0.1) is 17.3 Å². The lowest BCUT2D eigenvalue weighted by atomic mass is 10.0. The normalized spacial score (nSPS) is 26.9. The van der Waals surface area contributed by atoms with E-state index in [9.17, 15) is 36.4 Å². The van der Waals surface area contributed by atoms with Crippen molar-refractivity contribution in [2.24, 2.45) is 5.92 Å². The third-order valence-corrected chi connectivity index (χ3v) is 12.3. The Bertz CT molecular complexity index is 2190. The fourth-order valence-electron chi connectivity index (χ4n) is 7.47. The van der Waals surface area contributed by atoms with Crippen LogP contribution in [-0.4, -0.2) is 83.2 Å². The number of allylic oxidation sites excluding steroid dienone is 1. The van der Waals surface area contributed by atoms with Crippen molar-refractivity contribution in [3.63, 3.8) is 0 Å². The number of halogens is 2. The molecule has 0 bridgehead atoms. The first-order chi connectivity index (χ1) is 26.0. The maximum atomic E-state index is 14.5. The molecule has 0 radical (unpaired) electrons. The first-order valence-electron chi connectivity index (χ1n) is 18.7. The van der Waals surface area contributed by atoms with Crippen LogP contribution in [0, 0.1) is 17.6 Å². The molecule has 0 spiro atoms. The number of hydrogen-bond donors (Lipinski definition) is 3. The van der Waals surface area contributed by atoms with E-state index in [1.54, 1.807) is 20.8 Å². The molecule has 0 unspecified atom stereocenters. The molecule has 4 aliphatic rings. The second-order valence-electron chi connectivity index (χ2n) is 16.0. The van der Waals surface area contributed by atoms with Crippen molar-refractivity contribution in [1.82, 2.24) is 25.2 Å². The Morgan fingerprint density at radius 2 is 1.71 bits per heavy atom. The van der Waals surface area contributed by atoms with Gasteiger partial charge in [0.1, 0.15) is 41.0 Å². The Balaban J connectivity index is 1.23. The molecule has 3 fully saturated rings. The first kappa shape index (κ1) is 38.4. The highest BCUT2D eigenvalue weighted by atomic mass is 32.2. The van der Waals surface area contributed by atoms with E-state index in [1.807, 2.05) is 12.2 Å². The number of benzene rings is 2. The Morgan fingerprint density at radius 3 is 2.44 bits per heavy atom. The predicted molar refractivity (Wildman–Crippen MR) is 198 cm³/mol. The number of amides is 4. The van der Waals surface area contributed by atoms with E-state index in [0.717, 1.165) is 6.42 Å². The van der Waals surface area contributed by atoms with Gasteiger partial charge in [-0.2, -0.15) is 0 Å². The number of sulfonamides is 1. The van der Waals surface area contributed by atoms with Gasteiger partial charge in [0.25, 0.3) is 5.91 Å². The molecular weight excluding hydrogens is 737 g/mol. The van der Waals surface area contributed by atoms with Gasteiger partial charge in [0.2, 0.25) is 27.7 Å². The molecule has 16 heteroatoms. The van der Waals surface area contributed by atoms with Gasteiger partial charge in [-0.25, -0.2) is 27.0 Å². The molecule has 1 aromatic heterocycles. The van der Waals surface area contributed by atoms with Gasteiger partial charge in [0.15, 0.2) is 0 Å². The Labute approximate surface area is 317 Å². The van der Waals surface area contributed by atoms with E-state index < -0.39 is 86.0 Å². The highest BCUT2D eigenvalue weighted by Crippen LogP contribution is 2.46. The lowest BCUT2D eigenvalue weighted by Crippen LogP contribution is -2.58. The molecule has 4 amide bonds. The van der Waals surface area contributed by atoms with E-state index in [1.165, 1.54) is 41.3 Å². The lowest BCUT2D eigenvalue weighted by Gasteiger charge is -2.30. The van der Waals surface area contributed by atoms with Crippen LogP contribution in [0.15, 0.2) is 48.6 Å². The summed E-state index contributed by atoms with van der Waals surface area (Å²) in [7, 11) is -3.94. The highest BCUT2D eigenvalue weighted by Gasteiger charge is 2.62. The summed E-state index contributed by atoms with van der Waals surface area (Å²) >= 11 is 0. The van der Waals surface area contributed by atoms with Crippen molar-refractivity contribution in [2.75, 3.05) is 6.54 Å². The van der Waals surface area contributed by atoms with Crippen LogP contribution in [0.2, 0.25) is 0 Å². The number of carbonyl (C=O) groups is 4. The van der Waals surface area contributed by atoms with Crippen LogP contribution in [0.4, 0.5) is 13.6 Å². The number of carbonyl (C=O) groups excluding carboxylic acids is 4. The molecule has 2 aromatic carbocycles. The second kappa shape index (κ2) is 14.7. The zero-order valence-electron chi connectivity index (χ0n) is 30.9. The number of pyridine rings is 1. The summed E-state index contributed by atoms with van der Waals surface area (Å²) in [5, 5.41) is 6.19. The van der Waals surface area contributed by atoms with Gasteiger partial charge in [-0.3, -0.25) is 19.1 Å². The van der Waals surface area contributed by atoms with Crippen LogP contribution in [0.5, 0.6) is 5.88 Å². The predicted octanol–water partition coefficient (Wildman–Crippen LogP) is 4.91. The molecule has 1 saturated heterocycles. The Morgan fingerprint density at radius 1 is 0.982 bits per heavy atom. The van der Waals surface area contributed by atoms with Crippen molar-refractivity contribution in [3.8, 4) is 5.88 Å². The summed E-state index contributed by atoms with van der Waals surface area (Å²) < 4.78 is 68.5. The van der Waals surface area contributed by atoms with Crippen LogP contribution in [-0.2, 0) is 29.1 Å². The molecule has 3 N–H and O–H groups in total. The van der Waals surface area contributed by atoms with Gasteiger partial charge in [-0.1, -0.05) is 25.0 Å². The van der Waals surface area contributed by atoms with Gasteiger partial charge in [0, 0.05) is 29.2 Å². The Kier molecular flexibility index (Phi) is 10.2. The van der Waals surface area contributed by atoms with Crippen LogP contribution in [0.1, 0.15) is 78.6 Å². The zero-order valence-corrected chi connectivity index (χ0v) is 31.7. The molecule has 3 heterocycles. The number of hydrogen-bond acceptors (Lipinski definition) is 9. The number of rotatable bonds is 6. The summed E-state index contributed by atoms with van der Waals surface area (Å²) in [6.07, 6.45) is 5.95. The molecule has 55 heavy (non-hydrogen) atoms. The van der Waals surface area contributed by atoms with Crippen LogP contribution in [0.25, 0.3) is 21.7 Å². The summed E-state index contributed by atoms with van der Waals surface area (Å²) in [6, 6.07) is 5.66. The summed E-state index contributed by atoms with van der Waals surface area (Å²) in [5.74, 6) is -3.66. The topological polar surface area (TPSA) is 173 Å². The summed E-state index contributed by atoms with van der Waals surface area (Å²) in [5.41, 5.74) is -2.21. The molecular formula is C39H45F2N5O8S. The fourth-order valence-corrected chi connectivity index (χ4v) is 8.83. The van der Waals surface area contributed by atoms with Crippen molar-refractivity contribution < 1.29 is 45.9 Å². The first-order valence-corrected chi connectivity index (χ1v) is 20.3. The average Bonchev–Trinajstić information content (AvgIpc) is 4.03. The van der Waals surface area contributed by atoms with E-state index in [0.29, 0.717) is 48.3 Å². The number of nitrogens with zero attached hydrogens (tertiary/aromatic N) is 2. The van der Waals surface area contributed by atoms with Gasteiger partial charge in [-0.15, -0.1) is 0 Å². The summed E-state index contributed by atoms with van der Waals surface area (Å²) in [6.45, 7) is 4.94. The van der Waals surface area contributed by atoms with Crippen LogP contribution >= 0.6 is 0 Å². The Hall–Kier alpha value is -4.86. The van der Waals surface area contributed by atoms with Gasteiger partial charge < -0.3 is 25.0 Å². The molecule has 2 saturated carbocycles. The van der Waals surface area contributed by atoms with E-state index in [-0.39, 0.29) is 37.2 Å². The minimum absolute atomic E-state index is 0.0330. The maximum Gasteiger partial charge on any atom is 0.408 e. The lowest BCUT2D eigenvalue weighted by molar-refractivity contribution is -0.141. The molecule has 5 atom stereocenters. The van der Waals surface area contributed by atoms with Gasteiger partial charge >= 0.3 is 6.09 Å². The molecule has 7 rings (SSSR count). The number of nitrogens with one attached hydrogen (secondary N) is 3. The number of ether oxygens (including phenoxy) is 2. The third kappa shape index (κ3) is 8.38. The quantitative estimate of drug-likeness (QED) is 0.232. The van der Waals surface area contributed by atoms with E-state index >= 15 is 0 Å². The molecule has 2 aliphatic heterocycles. The fraction of sp³-hybridized carbons (Fsp3) is 0.513. The van der Waals surface area contributed by atoms with E-state index in [2.05, 4.69) is 20.3 Å². The standard InChI is InChI=1S/C39H45F2N5O8S/c1-38(2,3)54-37(50)43-30-10-8-6-4-5-7-9-22-20-39(22,36(49)45-55(51,52)26-13-14-26)44-33(47)32-19-25(21-46(32)35(30)48)53-34-28-16-12-23(40)17-29(28)27-15-11-24(41)18-31(27)42-34/h7,9,11-12,15-18,22,25-26,30,32H,4-6,8,10,13-14,19-21H2,1-3H3,(H,43,50)(H,44,47)(H,45,49)/b9-7-/t22-,25-,30+,32+,39-/m1/s1. The smallest absolute Gasteiger partial charge is 0.408 e. The molecule has 2 aliphatic carbocycles. The molecule has 13 nitrogen and oxygen atoms in total. The number of fused-ring (bicyclic) bond motifs is 5. The van der Waals surface area contributed by atoms with Gasteiger partial charge in [-0.05, 0) is 95.0 Å². The minimum Gasteiger partial charge on any atom is -0.472 e.